The smallest absolute Gasteiger partial charge is 0.406 e. The van der Waals surface area contributed by atoms with Gasteiger partial charge in [-0.15, -0.1) is 25.6 Å². The van der Waals surface area contributed by atoms with Crippen molar-refractivity contribution in [1.29, 1.82) is 0 Å². The van der Waals surface area contributed by atoms with Gasteiger partial charge in [-0.3, -0.25) is 10.00 Å². The molecule has 1 aliphatic rings. The van der Waals surface area contributed by atoms with E-state index in [1.165, 1.54) is 36.8 Å². The van der Waals surface area contributed by atoms with E-state index < -0.39 is 24.9 Å². The third-order valence-electron chi connectivity index (χ3n) is 5.11. The second-order valence-electron chi connectivity index (χ2n) is 7.32. The molecule has 1 atom stereocenters. The van der Waals surface area contributed by atoms with E-state index in [2.05, 4.69) is 30.2 Å². The molecule has 3 heterocycles. The fraction of sp³-hybridized carbons (Fsp3) is 0.421. The van der Waals surface area contributed by atoms with Crippen molar-refractivity contribution in [1.82, 2.24) is 25.1 Å². The number of likely N-dealkylation sites (tertiary alicyclic amines) is 1. The van der Waals surface area contributed by atoms with E-state index in [0.717, 1.165) is 5.56 Å². The van der Waals surface area contributed by atoms with E-state index in [0.29, 0.717) is 36.4 Å². The van der Waals surface area contributed by atoms with Crippen molar-refractivity contribution in [2.75, 3.05) is 25.0 Å². The molecule has 0 aliphatic carbocycles. The summed E-state index contributed by atoms with van der Waals surface area (Å²) in [6.07, 6.45) is -1.35. The van der Waals surface area contributed by atoms with Crippen LogP contribution in [0.2, 0.25) is 0 Å². The summed E-state index contributed by atoms with van der Waals surface area (Å²) in [7, 11) is 0. The highest BCUT2D eigenvalue weighted by atomic mass is 35.5. The van der Waals surface area contributed by atoms with Gasteiger partial charge in [-0.1, -0.05) is 12.1 Å². The largest absolute Gasteiger partial charge is 0.573 e. The number of hydrogen-bond donors (Lipinski definition) is 2. The highest BCUT2D eigenvalue weighted by Crippen LogP contribution is 2.31. The number of alkyl halides is 5. The van der Waals surface area contributed by atoms with Gasteiger partial charge in [-0.2, -0.15) is 5.10 Å². The first-order chi connectivity index (χ1) is 14.7. The first-order valence-electron chi connectivity index (χ1n) is 9.55. The van der Waals surface area contributed by atoms with Crippen LogP contribution in [0.5, 0.6) is 5.75 Å². The monoisotopic (exact) mass is 478 g/mol. The Morgan fingerprint density at radius 2 is 1.94 bits per heavy atom. The number of aromatic amines is 1. The number of nitrogens with one attached hydrogen (secondary N) is 2. The van der Waals surface area contributed by atoms with Crippen molar-refractivity contribution in [3.05, 3.63) is 42.4 Å². The minimum absolute atomic E-state index is 0. The third-order valence-corrected chi connectivity index (χ3v) is 5.11. The molecule has 1 unspecified atom stereocenters. The minimum Gasteiger partial charge on any atom is -0.406 e. The predicted molar refractivity (Wildman–Crippen MR) is 109 cm³/mol. The van der Waals surface area contributed by atoms with E-state index in [1.54, 1.807) is 4.90 Å². The van der Waals surface area contributed by atoms with E-state index in [-0.39, 0.29) is 24.6 Å². The first-order valence-corrected chi connectivity index (χ1v) is 9.55. The maximum absolute atomic E-state index is 14.8. The Kier molecular flexibility index (Phi) is 7.03. The molecule has 0 amide bonds. The summed E-state index contributed by atoms with van der Waals surface area (Å²) in [5.74, 6) is -3.01. The Morgan fingerprint density at radius 1 is 1.19 bits per heavy atom. The second-order valence-corrected chi connectivity index (χ2v) is 7.32. The Labute approximate surface area is 185 Å². The molecule has 0 saturated carbocycles. The quantitative estimate of drug-likeness (QED) is 0.521. The lowest BCUT2D eigenvalue weighted by Crippen LogP contribution is -2.54. The lowest BCUT2D eigenvalue weighted by Gasteiger charge is -2.38. The molecular formula is C19H20ClF5N6O. The number of rotatable bonds is 6. The van der Waals surface area contributed by atoms with E-state index in [1.807, 2.05) is 0 Å². The lowest BCUT2D eigenvalue weighted by molar-refractivity contribution is -0.274. The zero-order valence-corrected chi connectivity index (χ0v) is 17.4. The first kappa shape index (κ1) is 23.9. The third kappa shape index (κ3) is 5.74. The number of halogens is 6. The van der Waals surface area contributed by atoms with Gasteiger partial charge in [0.1, 0.15) is 17.9 Å². The van der Waals surface area contributed by atoms with Gasteiger partial charge in [0.15, 0.2) is 5.65 Å². The molecule has 3 aromatic rings. The molecule has 1 aliphatic heterocycles. The van der Waals surface area contributed by atoms with Crippen LogP contribution in [0.3, 0.4) is 0 Å². The Morgan fingerprint density at radius 3 is 2.62 bits per heavy atom. The summed E-state index contributed by atoms with van der Waals surface area (Å²) >= 11 is 0. The molecule has 0 bridgehead atoms. The number of fused-ring (bicyclic) bond motifs is 1. The number of ether oxygens (including phenoxy) is 1. The number of piperidine rings is 1. The van der Waals surface area contributed by atoms with Crippen LogP contribution in [0.25, 0.3) is 11.0 Å². The molecule has 2 N–H and O–H groups in total. The van der Waals surface area contributed by atoms with Crippen molar-refractivity contribution in [3.8, 4) is 5.75 Å². The van der Waals surface area contributed by atoms with Gasteiger partial charge in [0.25, 0.3) is 5.92 Å². The fourth-order valence-electron chi connectivity index (χ4n) is 3.57. The average Bonchev–Trinajstić information content (AvgIpc) is 3.17. The van der Waals surface area contributed by atoms with Gasteiger partial charge in [0, 0.05) is 13.1 Å². The molecule has 32 heavy (non-hydrogen) atoms. The molecule has 0 spiro atoms. The topological polar surface area (TPSA) is 79.0 Å². The summed E-state index contributed by atoms with van der Waals surface area (Å²) in [5, 5.41) is 9.89. The standard InChI is InChI=1S/C19H19F5N6O.ClH/c20-18(21)10-30(7-5-12-1-3-13(4-2-12)31-19(22,23)24)8-6-15(18)28-16-14-9-27-29-17(14)26-11-25-16;/h1-4,9,11,15H,5-8,10H2,(H2,25,26,27,28,29);1H. The van der Waals surface area contributed by atoms with E-state index in [9.17, 15) is 22.0 Å². The van der Waals surface area contributed by atoms with Gasteiger partial charge in [0.05, 0.1) is 24.2 Å². The molecule has 4 rings (SSSR count). The van der Waals surface area contributed by atoms with Gasteiger partial charge >= 0.3 is 6.36 Å². The molecule has 13 heteroatoms. The van der Waals surface area contributed by atoms with Crippen LogP contribution < -0.4 is 10.1 Å². The summed E-state index contributed by atoms with van der Waals surface area (Å²) in [4.78, 5) is 9.69. The maximum atomic E-state index is 14.8. The lowest BCUT2D eigenvalue weighted by atomic mass is 10.00. The minimum atomic E-state index is -4.75. The van der Waals surface area contributed by atoms with Crippen LogP contribution in [-0.2, 0) is 6.42 Å². The molecule has 1 aromatic carbocycles. The van der Waals surface area contributed by atoms with Gasteiger partial charge in [-0.05, 0) is 30.5 Å². The highest BCUT2D eigenvalue weighted by molar-refractivity contribution is 5.86. The van der Waals surface area contributed by atoms with Crippen LogP contribution >= 0.6 is 12.4 Å². The van der Waals surface area contributed by atoms with Crippen LogP contribution in [0, 0.1) is 0 Å². The van der Waals surface area contributed by atoms with Crippen LogP contribution in [-0.4, -0.2) is 63.0 Å². The number of H-pyrrole nitrogens is 1. The van der Waals surface area contributed by atoms with Crippen molar-refractivity contribution in [2.45, 2.75) is 31.2 Å². The zero-order valence-electron chi connectivity index (χ0n) is 16.6. The SMILES string of the molecule is Cl.FC(F)(F)Oc1ccc(CCN2CCC(Nc3ncnc4[nH]ncc34)C(F)(F)C2)cc1. The molecule has 0 radical (unpaired) electrons. The van der Waals surface area contributed by atoms with Crippen LogP contribution in [0.1, 0.15) is 12.0 Å². The molecule has 174 valence electrons. The second kappa shape index (κ2) is 9.41. The fourth-order valence-corrected chi connectivity index (χ4v) is 3.57. The van der Waals surface area contributed by atoms with Crippen LogP contribution in [0.15, 0.2) is 36.8 Å². The molecule has 7 nitrogen and oxygen atoms in total. The highest BCUT2D eigenvalue weighted by Gasteiger charge is 2.44. The van der Waals surface area contributed by atoms with Crippen molar-refractivity contribution < 1.29 is 26.7 Å². The summed E-state index contributed by atoms with van der Waals surface area (Å²) in [5.41, 5.74) is 1.20. The molecule has 1 fully saturated rings. The van der Waals surface area contributed by atoms with E-state index in [4.69, 9.17) is 0 Å². The van der Waals surface area contributed by atoms with Crippen molar-refractivity contribution >= 4 is 29.3 Å². The summed E-state index contributed by atoms with van der Waals surface area (Å²) < 4.78 is 70.0. The normalized spacial score (nSPS) is 18.8. The number of aromatic nitrogens is 4. The van der Waals surface area contributed by atoms with Crippen LogP contribution in [0.4, 0.5) is 27.8 Å². The summed E-state index contributed by atoms with van der Waals surface area (Å²) in [6.45, 7) is 0.378. The zero-order chi connectivity index (χ0) is 22.1. The molecular weight excluding hydrogens is 459 g/mol. The van der Waals surface area contributed by atoms with Crippen molar-refractivity contribution in [2.24, 2.45) is 0 Å². The number of benzene rings is 1. The predicted octanol–water partition coefficient (Wildman–Crippen LogP) is 4.04. The number of hydrogen-bond acceptors (Lipinski definition) is 6. The molecule has 1 saturated heterocycles. The number of anilines is 1. The van der Waals surface area contributed by atoms with Gasteiger partial charge < -0.3 is 10.1 Å². The maximum Gasteiger partial charge on any atom is 0.573 e. The summed E-state index contributed by atoms with van der Waals surface area (Å²) in [6, 6.07) is 4.34. The molecule has 2 aromatic heterocycles. The Balaban J connectivity index is 0.00000289. The average molecular weight is 479 g/mol. The van der Waals surface area contributed by atoms with Gasteiger partial charge in [-0.25, -0.2) is 18.7 Å². The number of nitrogens with zero attached hydrogens (tertiary/aromatic N) is 4. The van der Waals surface area contributed by atoms with E-state index >= 15 is 0 Å². The van der Waals surface area contributed by atoms with Gasteiger partial charge in [0.2, 0.25) is 0 Å². The van der Waals surface area contributed by atoms with Crippen molar-refractivity contribution in [3.63, 3.8) is 0 Å². The Hall–Kier alpha value is -2.73. The Bertz CT molecular complexity index is 1030.